The van der Waals surface area contributed by atoms with Crippen LogP contribution in [0, 0.1) is 0 Å². The molecule has 1 atom stereocenters. The van der Waals surface area contributed by atoms with Crippen LogP contribution >= 0.6 is 0 Å². The number of piperidine rings is 2. The van der Waals surface area contributed by atoms with Crippen LogP contribution in [0.3, 0.4) is 0 Å². The van der Waals surface area contributed by atoms with Crippen molar-refractivity contribution in [3.63, 3.8) is 0 Å². The van der Waals surface area contributed by atoms with Gasteiger partial charge in [0.05, 0.1) is 0 Å². The van der Waals surface area contributed by atoms with Gasteiger partial charge in [0.15, 0.2) is 0 Å². The Balaban J connectivity index is 1.83. The van der Waals surface area contributed by atoms with Crippen molar-refractivity contribution in [1.29, 1.82) is 0 Å². The van der Waals surface area contributed by atoms with Crippen molar-refractivity contribution in [2.45, 2.75) is 64.1 Å². The molecule has 7 nitrogen and oxygen atoms in total. The highest BCUT2D eigenvalue weighted by atomic mass is 16.6. The molecule has 3 N–H and O–H groups in total. The lowest BCUT2D eigenvalue weighted by molar-refractivity contribution is 0.0471. The summed E-state index contributed by atoms with van der Waals surface area (Å²) >= 11 is 0. The second kappa shape index (κ2) is 7.38. The van der Waals surface area contributed by atoms with E-state index in [-0.39, 0.29) is 18.1 Å². The molecule has 0 radical (unpaired) electrons. The number of ether oxygens (including phenoxy) is 1. The maximum absolute atomic E-state index is 12.6. The molecule has 0 spiro atoms. The molecule has 2 rings (SSSR count). The van der Waals surface area contributed by atoms with Gasteiger partial charge in [-0.2, -0.15) is 0 Å². The van der Waals surface area contributed by atoms with Crippen molar-refractivity contribution < 1.29 is 14.3 Å². The zero-order valence-electron chi connectivity index (χ0n) is 14.5. The van der Waals surface area contributed by atoms with Crippen LogP contribution in [-0.2, 0) is 4.74 Å². The van der Waals surface area contributed by atoms with Crippen LogP contribution in [0.4, 0.5) is 9.59 Å². The number of alkyl carbamates (subject to hydrolysis) is 1. The van der Waals surface area contributed by atoms with Crippen LogP contribution in [-0.4, -0.2) is 65.8 Å². The van der Waals surface area contributed by atoms with E-state index in [1.54, 1.807) is 0 Å². The van der Waals surface area contributed by atoms with E-state index in [9.17, 15) is 9.59 Å². The third kappa shape index (κ3) is 5.57. The van der Waals surface area contributed by atoms with Gasteiger partial charge in [0.1, 0.15) is 5.60 Å². The Bertz CT molecular complexity index is 428. The molecule has 0 unspecified atom stereocenters. The van der Waals surface area contributed by atoms with Crippen molar-refractivity contribution >= 4 is 12.1 Å². The van der Waals surface area contributed by atoms with Crippen LogP contribution in [0.1, 0.15) is 46.5 Å². The van der Waals surface area contributed by atoms with Crippen LogP contribution in [0.5, 0.6) is 0 Å². The van der Waals surface area contributed by atoms with Gasteiger partial charge in [-0.25, -0.2) is 9.59 Å². The van der Waals surface area contributed by atoms with Gasteiger partial charge in [0, 0.05) is 38.3 Å². The van der Waals surface area contributed by atoms with Crippen LogP contribution in [0.15, 0.2) is 0 Å². The molecular weight excluding hydrogens is 296 g/mol. The first-order chi connectivity index (χ1) is 10.7. The van der Waals surface area contributed by atoms with Gasteiger partial charge in [0.25, 0.3) is 0 Å². The molecule has 7 heteroatoms. The van der Waals surface area contributed by atoms with Crippen molar-refractivity contribution in [3.05, 3.63) is 0 Å². The Labute approximate surface area is 138 Å². The van der Waals surface area contributed by atoms with E-state index in [1.165, 1.54) is 0 Å². The number of hydrogen-bond acceptors (Lipinski definition) is 4. The molecule has 2 aliphatic heterocycles. The number of urea groups is 1. The second-order valence-corrected chi connectivity index (χ2v) is 7.54. The van der Waals surface area contributed by atoms with E-state index in [2.05, 4.69) is 5.32 Å². The predicted molar refractivity (Wildman–Crippen MR) is 88.1 cm³/mol. The first-order valence-corrected chi connectivity index (χ1v) is 8.53. The third-order valence-electron chi connectivity index (χ3n) is 4.22. The topological polar surface area (TPSA) is 87.9 Å². The monoisotopic (exact) mass is 326 g/mol. The molecule has 0 aromatic rings. The number of nitrogens with one attached hydrogen (secondary N) is 1. The SMILES string of the molecule is CC(C)(C)OC(=O)N[C@H]1CCCN(C(=O)N2CCC(N)CC2)C1. The summed E-state index contributed by atoms with van der Waals surface area (Å²) in [4.78, 5) is 28.2. The highest BCUT2D eigenvalue weighted by molar-refractivity contribution is 5.75. The average molecular weight is 326 g/mol. The van der Waals surface area contributed by atoms with Gasteiger partial charge in [-0.1, -0.05) is 0 Å². The lowest BCUT2D eigenvalue weighted by Crippen LogP contribution is -2.55. The van der Waals surface area contributed by atoms with E-state index in [1.807, 2.05) is 30.6 Å². The maximum atomic E-state index is 12.6. The summed E-state index contributed by atoms with van der Waals surface area (Å²) in [5.74, 6) is 0. The molecular formula is C16H30N4O3. The van der Waals surface area contributed by atoms with Gasteiger partial charge in [-0.05, 0) is 46.5 Å². The summed E-state index contributed by atoms with van der Waals surface area (Å²) in [5, 5.41) is 2.88. The summed E-state index contributed by atoms with van der Waals surface area (Å²) < 4.78 is 5.29. The fourth-order valence-electron chi connectivity index (χ4n) is 3.03. The minimum Gasteiger partial charge on any atom is -0.444 e. The fraction of sp³-hybridized carbons (Fsp3) is 0.875. The molecule has 0 aliphatic carbocycles. The molecule has 2 heterocycles. The van der Waals surface area contributed by atoms with Gasteiger partial charge >= 0.3 is 12.1 Å². The zero-order chi connectivity index (χ0) is 17.0. The molecule has 0 saturated carbocycles. The zero-order valence-corrected chi connectivity index (χ0v) is 14.5. The quantitative estimate of drug-likeness (QED) is 0.765. The normalized spacial score (nSPS) is 23.6. The van der Waals surface area contributed by atoms with E-state index >= 15 is 0 Å². The molecule has 23 heavy (non-hydrogen) atoms. The molecule has 0 bridgehead atoms. The summed E-state index contributed by atoms with van der Waals surface area (Å²) in [6.45, 7) is 8.24. The number of nitrogens with zero attached hydrogens (tertiary/aromatic N) is 2. The largest absolute Gasteiger partial charge is 0.444 e. The van der Waals surface area contributed by atoms with Crippen molar-refractivity contribution in [1.82, 2.24) is 15.1 Å². The molecule has 132 valence electrons. The standard InChI is InChI=1S/C16H30N4O3/c1-16(2,3)23-14(21)18-13-5-4-8-20(11-13)15(22)19-9-6-12(17)7-10-19/h12-13H,4-11,17H2,1-3H3,(H,18,21)/t13-/m0/s1. The summed E-state index contributed by atoms with van der Waals surface area (Å²) in [6, 6.07) is 0.226. The first kappa shape index (κ1) is 17.8. The van der Waals surface area contributed by atoms with Crippen molar-refractivity contribution in [2.75, 3.05) is 26.2 Å². The summed E-state index contributed by atoms with van der Waals surface area (Å²) in [7, 11) is 0. The predicted octanol–water partition coefficient (Wildman–Crippen LogP) is 1.52. The Morgan fingerprint density at radius 1 is 1.09 bits per heavy atom. The number of hydrogen-bond donors (Lipinski definition) is 2. The number of carbonyl (C=O) groups is 2. The summed E-state index contributed by atoms with van der Waals surface area (Å²) in [6.07, 6.45) is 3.06. The number of nitrogens with two attached hydrogens (primary N) is 1. The number of carbonyl (C=O) groups excluding carboxylic acids is 2. The highest BCUT2D eigenvalue weighted by Crippen LogP contribution is 2.16. The fourth-order valence-corrected chi connectivity index (χ4v) is 3.03. The van der Waals surface area contributed by atoms with Crippen LogP contribution in [0.25, 0.3) is 0 Å². The van der Waals surface area contributed by atoms with E-state index in [0.29, 0.717) is 6.54 Å². The van der Waals surface area contributed by atoms with Crippen molar-refractivity contribution in [3.8, 4) is 0 Å². The lowest BCUT2D eigenvalue weighted by atomic mass is 10.0. The number of likely N-dealkylation sites (tertiary alicyclic amines) is 2. The highest BCUT2D eigenvalue weighted by Gasteiger charge is 2.30. The third-order valence-corrected chi connectivity index (χ3v) is 4.22. The molecule has 0 aromatic heterocycles. The lowest BCUT2D eigenvalue weighted by Gasteiger charge is -2.38. The average Bonchev–Trinajstić information content (AvgIpc) is 2.45. The smallest absolute Gasteiger partial charge is 0.407 e. The number of rotatable bonds is 1. The first-order valence-electron chi connectivity index (χ1n) is 8.53. The Hall–Kier alpha value is -1.50. The van der Waals surface area contributed by atoms with Crippen molar-refractivity contribution in [2.24, 2.45) is 5.73 Å². The minimum absolute atomic E-state index is 0.0467. The molecule has 3 amide bonds. The molecule has 2 fully saturated rings. The Morgan fingerprint density at radius 3 is 2.35 bits per heavy atom. The molecule has 0 aromatic carbocycles. The van der Waals surface area contributed by atoms with E-state index in [0.717, 1.165) is 45.3 Å². The minimum atomic E-state index is -0.513. The number of amides is 3. The van der Waals surface area contributed by atoms with E-state index in [4.69, 9.17) is 10.5 Å². The van der Waals surface area contributed by atoms with Gasteiger partial charge in [0.2, 0.25) is 0 Å². The van der Waals surface area contributed by atoms with Gasteiger partial charge in [-0.15, -0.1) is 0 Å². The van der Waals surface area contributed by atoms with Gasteiger partial charge < -0.3 is 25.6 Å². The van der Waals surface area contributed by atoms with Crippen LogP contribution in [0.2, 0.25) is 0 Å². The van der Waals surface area contributed by atoms with Crippen LogP contribution < -0.4 is 11.1 Å². The second-order valence-electron chi connectivity index (χ2n) is 7.54. The molecule has 2 aliphatic rings. The van der Waals surface area contributed by atoms with E-state index < -0.39 is 11.7 Å². The summed E-state index contributed by atoms with van der Waals surface area (Å²) in [5.41, 5.74) is 5.38. The van der Waals surface area contributed by atoms with Gasteiger partial charge in [-0.3, -0.25) is 0 Å². The molecule has 2 saturated heterocycles. The Kier molecular flexibility index (Phi) is 5.73. The maximum Gasteiger partial charge on any atom is 0.407 e. The Morgan fingerprint density at radius 2 is 1.74 bits per heavy atom.